The predicted molar refractivity (Wildman–Crippen MR) is 62.8 cm³/mol. The standard InChI is InChI=1S/C13H17NS/c1-2-10(15-5-1)7-14-13-11-8-3-4-9(6-8)12(11)13/h1-2,5,8-9,11-14H,3-4,6-7H2. The lowest BCUT2D eigenvalue weighted by Gasteiger charge is -2.09. The maximum atomic E-state index is 3.77. The molecule has 3 aliphatic rings. The number of thiophene rings is 1. The highest BCUT2D eigenvalue weighted by Gasteiger charge is 2.64. The molecule has 1 aromatic heterocycles. The van der Waals surface area contributed by atoms with Crippen molar-refractivity contribution in [2.24, 2.45) is 23.7 Å². The first kappa shape index (κ1) is 8.77. The van der Waals surface area contributed by atoms with Crippen LogP contribution >= 0.6 is 11.3 Å². The third-order valence-corrected chi connectivity index (χ3v) is 5.70. The summed E-state index contributed by atoms with van der Waals surface area (Å²) in [7, 11) is 0. The van der Waals surface area contributed by atoms with Crippen molar-refractivity contribution >= 4 is 11.3 Å². The van der Waals surface area contributed by atoms with Crippen molar-refractivity contribution < 1.29 is 0 Å². The lowest BCUT2D eigenvalue weighted by atomic mass is 10.0. The van der Waals surface area contributed by atoms with E-state index in [-0.39, 0.29) is 0 Å². The molecule has 0 amide bonds. The average molecular weight is 219 g/mol. The number of hydrogen-bond donors (Lipinski definition) is 1. The van der Waals surface area contributed by atoms with Gasteiger partial charge in [0, 0.05) is 17.5 Å². The Hall–Kier alpha value is -0.340. The molecule has 1 heterocycles. The Bertz CT molecular complexity index is 343. The Morgan fingerprint density at radius 1 is 1.27 bits per heavy atom. The second kappa shape index (κ2) is 3.08. The Balaban J connectivity index is 1.39. The topological polar surface area (TPSA) is 12.0 Å². The fourth-order valence-corrected chi connectivity index (χ4v) is 4.89. The van der Waals surface area contributed by atoms with Gasteiger partial charge < -0.3 is 5.32 Å². The van der Waals surface area contributed by atoms with Crippen molar-refractivity contribution in [3.8, 4) is 0 Å². The van der Waals surface area contributed by atoms with E-state index in [1.54, 1.807) is 6.42 Å². The summed E-state index contributed by atoms with van der Waals surface area (Å²) >= 11 is 1.88. The van der Waals surface area contributed by atoms with Gasteiger partial charge >= 0.3 is 0 Å². The van der Waals surface area contributed by atoms with Crippen LogP contribution in [0.4, 0.5) is 0 Å². The van der Waals surface area contributed by atoms with Crippen molar-refractivity contribution in [1.29, 1.82) is 0 Å². The maximum absolute atomic E-state index is 3.77. The van der Waals surface area contributed by atoms with Crippen LogP contribution in [0.5, 0.6) is 0 Å². The molecule has 0 aromatic carbocycles. The van der Waals surface area contributed by atoms with Crippen molar-refractivity contribution in [1.82, 2.24) is 5.32 Å². The Morgan fingerprint density at radius 3 is 2.73 bits per heavy atom. The summed E-state index contributed by atoms with van der Waals surface area (Å²) < 4.78 is 0. The van der Waals surface area contributed by atoms with E-state index in [0.29, 0.717) is 0 Å². The van der Waals surface area contributed by atoms with Crippen LogP contribution in [-0.2, 0) is 6.54 Å². The molecule has 3 aliphatic carbocycles. The van der Waals surface area contributed by atoms with Crippen LogP contribution in [0.25, 0.3) is 0 Å². The second-order valence-electron chi connectivity index (χ2n) is 5.47. The van der Waals surface area contributed by atoms with Crippen LogP contribution in [0.3, 0.4) is 0 Å². The monoisotopic (exact) mass is 219 g/mol. The van der Waals surface area contributed by atoms with Crippen LogP contribution in [0.2, 0.25) is 0 Å². The van der Waals surface area contributed by atoms with Gasteiger partial charge in [0.25, 0.3) is 0 Å². The molecule has 2 bridgehead atoms. The molecule has 1 nitrogen and oxygen atoms in total. The summed E-state index contributed by atoms with van der Waals surface area (Å²) in [6.07, 6.45) is 4.62. The molecule has 4 atom stereocenters. The fraction of sp³-hybridized carbons (Fsp3) is 0.692. The summed E-state index contributed by atoms with van der Waals surface area (Å²) in [5.74, 6) is 4.34. The van der Waals surface area contributed by atoms with Gasteiger partial charge in [-0.1, -0.05) is 6.07 Å². The molecule has 0 radical (unpaired) electrons. The molecule has 4 unspecified atom stereocenters. The van der Waals surface area contributed by atoms with Gasteiger partial charge in [-0.15, -0.1) is 11.3 Å². The molecule has 1 N–H and O–H groups in total. The summed E-state index contributed by atoms with van der Waals surface area (Å²) in [5.41, 5.74) is 0. The highest BCUT2D eigenvalue weighted by Crippen LogP contribution is 2.65. The molecule has 15 heavy (non-hydrogen) atoms. The first-order chi connectivity index (χ1) is 7.43. The quantitative estimate of drug-likeness (QED) is 0.824. The Kier molecular flexibility index (Phi) is 1.80. The van der Waals surface area contributed by atoms with Crippen LogP contribution in [0, 0.1) is 23.7 Å². The summed E-state index contributed by atoms with van der Waals surface area (Å²) in [4.78, 5) is 1.49. The molecule has 80 valence electrons. The van der Waals surface area contributed by atoms with Crippen LogP contribution < -0.4 is 5.32 Å². The SMILES string of the molecule is c1csc(CNC2C3C4CCC(C4)C23)c1. The van der Waals surface area contributed by atoms with E-state index in [0.717, 1.165) is 36.3 Å². The average Bonchev–Trinajstić information content (AvgIpc) is 2.72. The van der Waals surface area contributed by atoms with E-state index >= 15 is 0 Å². The molecule has 2 heteroatoms. The van der Waals surface area contributed by atoms with Gasteiger partial charge in [0.15, 0.2) is 0 Å². The van der Waals surface area contributed by atoms with Gasteiger partial charge in [0.05, 0.1) is 0 Å². The minimum Gasteiger partial charge on any atom is -0.309 e. The van der Waals surface area contributed by atoms with Gasteiger partial charge in [-0.3, -0.25) is 0 Å². The van der Waals surface area contributed by atoms with E-state index in [9.17, 15) is 0 Å². The first-order valence-electron chi connectivity index (χ1n) is 6.19. The summed E-state index contributed by atoms with van der Waals surface area (Å²) in [6.45, 7) is 1.11. The van der Waals surface area contributed by atoms with Gasteiger partial charge in [-0.25, -0.2) is 0 Å². The molecular formula is C13H17NS. The molecule has 4 rings (SSSR count). The lowest BCUT2D eigenvalue weighted by Crippen LogP contribution is -2.21. The van der Waals surface area contributed by atoms with E-state index in [4.69, 9.17) is 0 Å². The summed E-state index contributed by atoms with van der Waals surface area (Å²) in [6, 6.07) is 5.28. The van der Waals surface area contributed by atoms with E-state index in [1.807, 2.05) is 11.3 Å². The van der Waals surface area contributed by atoms with E-state index < -0.39 is 0 Å². The first-order valence-corrected chi connectivity index (χ1v) is 7.07. The van der Waals surface area contributed by atoms with Gasteiger partial charge in [0.2, 0.25) is 0 Å². The van der Waals surface area contributed by atoms with Crippen molar-refractivity contribution in [3.63, 3.8) is 0 Å². The molecule has 3 fully saturated rings. The van der Waals surface area contributed by atoms with Gasteiger partial charge in [-0.05, 0) is 54.4 Å². The van der Waals surface area contributed by atoms with Crippen molar-refractivity contribution in [2.75, 3.05) is 0 Å². The van der Waals surface area contributed by atoms with E-state index in [2.05, 4.69) is 22.8 Å². The molecule has 0 aliphatic heterocycles. The lowest BCUT2D eigenvalue weighted by molar-refractivity contribution is 0.456. The normalized spacial score (nSPS) is 45.7. The van der Waals surface area contributed by atoms with Crippen LogP contribution in [-0.4, -0.2) is 6.04 Å². The van der Waals surface area contributed by atoms with Gasteiger partial charge in [0.1, 0.15) is 0 Å². The molecule has 0 spiro atoms. The fourth-order valence-electron chi connectivity index (χ4n) is 4.23. The Morgan fingerprint density at radius 2 is 2.07 bits per heavy atom. The number of hydrogen-bond acceptors (Lipinski definition) is 2. The predicted octanol–water partition coefficient (Wildman–Crippen LogP) is 2.88. The third-order valence-electron chi connectivity index (χ3n) is 4.83. The van der Waals surface area contributed by atoms with Crippen LogP contribution in [0.15, 0.2) is 17.5 Å². The number of fused-ring (bicyclic) bond motifs is 5. The largest absolute Gasteiger partial charge is 0.309 e. The zero-order chi connectivity index (χ0) is 9.83. The number of nitrogens with one attached hydrogen (secondary N) is 1. The van der Waals surface area contributed by atoms with Crippen molar-refractivity contribution in [3.05, 3.63) is 22.4 Å². The summed E-state index contributed by atoms with van der Waals surface area (Å²) in [5, 5.41) is 5.95. The molecule has 3 saturated carbocycles. The highest BCUT2D eigenvalue weighted by atomic mass is 32.1. The number of rotatable bonds is 3. The third kappa shape index (κ3) is 1.24. The zero-order valence-electron chi connectivity index (χ0n) is 8.86. The van der Waals surface area contributed by atoms with Crippen LogP contribution in [0.1, 0.15) is 24.1 Å². The smallest absolute Gasteiger partial charge is 0.0302 e. The zero-order valence-corrected chi connectivity index (χ0v) is 9.67. The Labute approximate surface area is 94.9 Å². The molecular weight excluding hydrogens is 202 g/mol. The maximum Gasteiger partial charge on any atom is 0.0302 e. The van der Waals surface area contributed by atoms with Gasteiger partial charge in [-0.2, -0.15) is 0 Å². The minimum atomic E-state index is 0.887. The minimum absolute atomic E-state index is 0.887. The van der Waals surface area contributed by atoms with Crippen molar-refractivity contribution in [2.45, 2.75) is 31.8 Å². The second-order valence-corrected chi connectivity index (χ2v) is 6.51. The molecule has 0 saturated heterocycles. The van der Waals surface area contributed by atoms with E-state index in [1.165, 1.54) is 17.7 Å². The molecule has 1 aromatic rings. The highest BCUT2D eigenvalue weighted by molar-refractivity contribution is 7.09.